The summed E-state index contributed by atoms with van der Waals surface area (Å²) in [6, 6.07) is 0. The summed E-state index contributed by atoms with van der Waals surface area (Å²) in [5, 5.41) is 2.86. The number of halogens is 3. The molecule has 0 unspecified atom stereocenters. The molecule has 1 heterocycles. The molecule has 3 N–H and O–H groups in total. The van der Waals surface area contributed by atoms with Crippen molar-refractivity contribution in [3.63, 3.8) is 0 Å². The topological polar surface area (TPSA) is 63.8 Å². The van der Waals surface area contributed by atoms with Crippen molar-refractivity contribution >= 4 is 11.5 Å². The lowest BCUT2D eigenvalue weighted by atomic mass is 10.2. The molecular weight excluding hydrogens is 221 g/mol. The Morgan fingerprint density at radius 1 is 1.31 bits per heavy atom. The summed E-state index contributed by atoms with van der Waals surface area (Å²) in [6.07, 6.45) is -1.55. The predicted molar refractivity (Wildman–Crippen MR) is 54.8 cm³/mol. The molecule has 0 saturated heterocycles. The van der Waals surface area contributed by atoms with E-state index < -0.39 is 12.6 Å². The lowest BCUT2D eigenvalue weighted by Gasteiger charge is -2.08. The van der Waals surface area contributed by atoms with Crippen LogP contribution in [0.15, 0.2) is 12.5 Å². The predicted octanol–water partition coefficient (Wildman–Crippen LogP) is 2.20. The zero-order valence-corrected chi connectivity index (χ0v) is 8.59. The molecule has 0 spiro atoms. The molecular formula is C9H13F3N4. The first kappa shape index (κ1) is 12.5. The molecule has 1 rings (SSSR count). The van der Waals surface area contributed by atoms with Crippen LogP contribution in [0.5, 0.6) is 0 Å². The van der Waals surface area contributed by atoms with Gasteiger partial charge in [-0.3, -0.25) is 0 Å². The summed E-state index contributed by atoms with van der Waals surface area (Å²) in [5.41, 5.74) is 5.92. The molecule has 0 aliphatic rings. The van der Waals surface area contributed by atoms with Crippen molar-refractivity contribution in [1.29, 1.82) is 0 Å². The second-order valence-electron chi connectivity index (χ2n) is 3.33. The van der Waals surface area contributed by atoms with Crippen LogP contribution in [0.2, 0.25) is 0 Å². The smallest absolute Gasteiger partial charge is 0.389 e. The Bertz CT molecular complexity index is 327. The Morgan fingerprint density at radius 3 is 2.69 bits per heavy atom. The number of hydrogen-bond donors (Lipinski definition) is 2. The number of nitrogens with zero attached hydrogens (tertiary/aromatic N) is 2. The van der Waals surface area contributed by atoms with Gasteiger partial charge in [0.1, 0.15) is 6.33 Å². The fraction of sp³-hybridized carbons (Fsp3) is 0.556. The van der Waals surface area contributed by atoms with Crippen LogP contribution in [0.3, 0.4) is 0 Å². The van der Waals surface area contributed by atoms with E-state index in [2.05, 4.69) is 15.3 Å². The Hall–Kier alpha value is -1.53. The number of unbranched alkanes of at least 4 members (excludes halogenated alkanes) is 1. The first-order valence-corrected chi connectivity index (χ1v) is 4.85. The highest BCUT2D eigenvalue weighted by Crippen LogP contribution is 2.22. The van der Waals surface area contributed by atoms with Crippen LogP contribution in [0.25, 0.3) is 0 Å². The van der Waals surface area contributed by atoms with Crippen molar-refractivity contribution < 1.29 is 13.2 Å². The number of nitrogens with one attached hydrogen (secondary N) is 1. The van der Waals surface area contributed by atoms with Crippen LogP contribution in [0, 0.1) is 0 Å². The third-order valence-corrected chi connectivity index (χ3v) is 1.92. The molecule has 0 bridgehead atoms. The first-order valence-electron chi connectivity index (χ1n) is 4.85. The van der Waals surface area contributed by atoms with Gasteiger partial charge in [0, 0.05) is 13.0 Å². The Morgan fingerprint density at radius 2 is 2.06 bits per heavy atom. The largest absolute Gasteiger partial charge is 0.394 e. The summed E-state index contributed by atoms with van der Waals surface area (Å²) in [7, 11) is 0. The molecule has 0 amide bonds. The van der Waals surface area contributed by atoms with Crippen molar-refractivity contribution in [2.45, 2.75) is 25.4 Å². The maximum atomic E-state index is 11.8. The molecule has 16 heavy (non-hydrogen) atoms. The van der Waals surface area contributed by atoms with Crippen molar-refractivity contribution in [2.75, 3.05) is 17.6 Å². The zero-order valence-electron chi connectivity index (χ0n) is 8.59. The van der Waals surface area contributed by atoms with Gasteiger partial charge in [-0.25, -0.2) is 9.97 Å². The molecule has 0 aliphatic heterocycles. The first-order chi connectivity index (χ1) is 7.49. The lowest BCUT2D eigenvalue weighted by molar-refractivity contribution is -0.135. The number of nitrogens with two attached hydrogens (primary N) is 1. The normalized spacial score (nSPS) is 11.4. The SMILES string of the molecule is Nc1cncnc1NCCCCC(F)(F)F. The van der Waals surface area contributed by atoms with Gasteiger partial charge in [0.05, 0.1) is 11.9 Å². The van der Waals surface area contributed by atoms with Gasteiger partial charge < -0.3 is 11.1 Å². The summed E-state index contributed by atoms with van der Waals surface area (Å²) < 4.78 is 35.4. The molecule has 90 valence electrons. The van der Waals surface area contributed by atoms with Crippen molar-refractivity contribution in [3.05, 3.63) is 12.5 Å². The summed E-state index contributed by atoms with van der Waals surface area (Å²) in [6.45, 7) is 0.414. The van der Waals surface area contributed by atoms with Crippen LogP contribution in [0.1, 0.15) is 19.3 Å². The van der Waals surface area contributed by atoms with Gasteiger partial charge in [0.25, 0.3) is 0 Å². The van der Waals surface area contributed by atoms with E-state index in [1.165, 1.54) is 12.5 Å². The Labute approximate surface area is 91.1 Å². The molecule has 1 aromatic heterocycles. The minimum Gasteiger partial charge on any atom is -0.394 e. The maximum absolute atomic E-state index is 11.8. The van der Waals surface area contributed by atoms with E-state index >= 15 is 0 Å². The van der Waals surface area contributed by atoms with Crippen LogP contribution < -0.4 is 11.1 Å². The van der Waals surface area contributed by atoms with Crippen LogP contribution in [0.4, 0.5) is 24.7 Å². The van der Waals surface area contributed by atoms with E-state index in [1.54, 1.807) is 0 Å². The molecule has 4 nitrogen and oxygen atoms in total. The third-order valence-electron chi connectivity index (χ3n) is 1.92. The van der Waals surface area contributed by atoms with Crippen LogP contribution in [-0.4, -0.2) is 22.7 Å². The lowest BCUT2D eigenvalue weighted by Crippen LogP contribution is -2.10. The fourth-order valence-corrected chi connectivity index (χ4v) is 1.15. The minimum absolute atomic E-state index is 0.0987. The van der Waals surface area contributed by atoms with E-state index in [1.807, 2.05) is 0 Å². The third kappa shape index (κ3) is 4.81. The van der Waals surface area contributed by atoms with Gasteiger partial charge in [-0.2, -0.15) is 13.2 Å². The Balaban J connectivity index is 2.19. The highest BCUT2D eigenvalue weighted by Gasteiger charge is 2.25. The molecule has 0 aliphatic carbocycles. The molecule has 0 radical (unpaired) electrons. The monoisotopic (exact) mass is 234 g/mol. The van der Waals surface area contributed by atoms with E-state index in [0.717, 1.165) is 0 Å². The fourth-order valence-electron chi connectivity index (χ4n) is 1.15. The highest BCUT2D eigenvalue weighted by atomic mass is 19.4. The van der Waals surface area contributed by atoms with Crippen molar-refractivity contribution in [3.8, 4) is 0 Å². The average Bonchev–Trinajstić information content (AvgIpc) is 2.18. The number of aromatic nitrogens is 2. The van der Waals surface area contributed by atoms with E-state index in [-0.39, 0.29) is 6.42 Å². The molecule has 7 heteroatoms. The standard InChI is InChI=1S/C9H13F3N4/c10-9(11,12)3-1-2-4-15-8-7(13)5-14-6-16-8/h5-6H,1-4,13H2,(H,14,15,16). The average molecular weight is 234 g/mol. The van der Waals surface area contributed by atoms with Gasteiger partial charge in [-0.15, -0.1) is 0 Å². The molecule has 0 fully saturated rings. The van der Waals surface area contributed by atoms with E-state index in [0.29, 0.717) is 24.5 Å². The molecule has 1 aromatic rings. The highest BCUT2D eigenvalue weighted by molar-refractivity contribution is 5.58. The number of alkyl halides is 3. The number of nitrogen functional groups attached to an aromatic ring is 1. The van der Waals surface area contributed by atoms with E-state index in [4.69, 9.17) is 5.73 Å². The molecule has 0 aromatic carbocycles. The molecule has 0 atom stereocenters. The van der Waals surface area contributed by atoms with Gasteiger partial charge in [0.2, 0.25) is 0 Å². The van der Waals surface area contributed by atoms with Gasteiger partial charge in [0.15, 0.2) is 5.82 Å². The minimum atomic E-state index is -4.08. The number of hydrogen-bond acceptors (Lipinski definition) is 4. The quantitative estimate of drug-likeness (QED) is 0.766. The van der Waals surface area contributed by atoms with Crippen molar-refractivity contribution in [1.82, 2.24) is 9.97 Å². The second-order valence-corrected chi connectivity index (χ2v) is 3.33. The number of anilines is 2. The van der Waals surface area contributed by atoms with Gasteiger partial charge in [-0.05, 0) is 12.8 Å². The zero-order chi connectivity index (χ0) is 12.0. The second kappa shape index (κ2) is 5.53. The summed E-state index contributed by atoms with van der Waals surface area (Å²) >= 11 is 0. The Kier molecular flexibility index (Phi) is 4.33. The van der Waals surface area contributed by atoms with Crippen LogP contribution >= 0.6 is 0 Å². The summed E-state index contributed by atoms with van der Waals surface area (Å²) in [5.74, 6) is 0.460. The maximum Gasteiger partial charge on any atom is 0.389 e. The van der Waals surface area contributed by atoms with Gasteiger partial charge >= 0.3 is 6.18 Å². The van der Waals surface area contributed by atoms with Crippen LogP contribution in [-0.2, 0) is 0 Å². The van der Waals surface area contributed by atoms with Gasteiger partial charge in [-0.1, -0.05) is 0 Å². The number of rotatable bonds is 5. The summed E-state index contributed by atoms with van der Waals surface area (Å²) in [4.78, 5) is 7.55. The molecule has 0 saturated carbocycles. The van der Waals surface area contributed by atoms with Crippen molar-refractivity contribution in [2.24, 2.45) is 0 Å². The van der Waals surface area contributed by atoms with E-state index in [9.17, 15) is 13.2 Å².